The molecule has 1 aromatic heterocycles. The van der Waals surface area contributed by atoms with Crippen LogP contribution < -0.4 is 15.6 Å². The number of carbonyl (C=O) groups excluding carboxylic acids is 1. The van der Waals surface area contributed by atoms with Crippen molar-refractivity contribution in [3.05, 3.63) is 94.5 Å². The summed E-state index contributed by atoms with van der Waals surface area (Å²) in [4.78, 5) is 30.3. The van der Waals surface area contributed by atoms with E-state index in [0.717, 1.165) is 19.4 Å². The molecule has 0 radical (unpaired) electrons. The van der Waals surface area contributed by atoms with E-state index in [0.29, 0.717) is 46.0 Å². The van der Waals surface area contributed by atoms with Crippen LogP contribution in [0.15, 0.2) is 77.6 Å². The zero-order valence-electron chi connectivity index (χ0n) is 18.9. The summed E-state index contributed by atoms with van der Waals surface area (Å²) in [6.45, 7) is 3.08. The molecule has 2 heterocycles. The fourth-order valence-corrected chi connectivity index (χ4v) is 4.14. The monoisotopic (exact) mass is 455 g/mol. The fourth-order valence-electron chi connectivity index (χ4n) is 4.14. The summed E-state index contributed by atoms with van der Waals surface area (Å²) < 4.78 is 13.0. The van der Waals surface area contributed by atoms with Crippen molar-refractivity contribution < 1.29 is 14.3 Å². The lowest BCUT2D eigenvalue weighted by Gasteiger charge is -2.13. The van der Waals surface area contributed by atoms with Crippen LogP contribution in [0.5, 0.6) is 5.75 Å². The van der Waals surface area contributed by atoms with Gasteiger partial charge < -0.3 is 14.8 Å². The van der Waals surface area contributed by atoms with E-state index in [1.165, 1.54) is 0 Å². The maximum Gasteiger partial charge on any atom is 0.265 e. The molecule has 172 valence electrons. The Labute approximate surface area is 197 Å². The maximum atomic E-state index is 13.0. The highest BCUT2D eigenvalue weighted by Crippen LogP contribution is 2.21. The van der Waals surface area contributed by atoms with Crippen LogP contribution in [0.3, 0.4) is 0 Å². The third kappa shape index (κ3) is 4.56. The molecule has 0 bridgehead atoms. The predicted molar refractivity (Wildman–Crippen MR) is 131 cm³/mol. The van der Waals surface area contributed by atoms with E-state index in [2.05, 4.69) is 10.3 Å². The van der Waals surface area contributed by atoms with Gasteiger partial charge >= 0.3 is 0 Å². The number of hydrogen-bond donors (Lipinski definition) is 1. The first kappa shape index (κ1) is 21.9. The molecular weight excluding hydrogens is 430 g/mol. The van der Waals surface area contributed by atoms with Gasteiger partial charge in [-0.15, -0.1) is 0 Å². The zero-order valence-corrected chi connectivity index (χ0v) is 18.9. The smallest absolute Gasteiger partial charge is 0.265 e. The molecule has 34 heavy (non-hydrogen) atoms. The first-order valence-electron chi connectivity index (χ1n) is 11.3. The molecule has 7 nitrogen and oxygen atoms in total. The molecule has 1 fully saturated rings. The molecule has 3 aromatic carbocycles. The highest BCUT2D eigenvalue weighted by atomic mass is 16.5. The summed E-state index contributed by atoms with van der Waals surface area (Å²) in [5.74, 6) is 1.02. The lowest BCUT2D eigenvalue weighted by molar-refractivity contribution is 0.0680. The largest absolute Gasteiger partial charge is 0.491 e. The van der Waals surface area contributed by atoms with Crippen molar-refractivity contribution in [1.82, 2.24) is 9.55 Å². The van der Waals surface area contributed by atoms with Gasteiger partial charge in [-0.2, -0.15) is 0 Å². The lowest BCUT2D eigenvalue weighted by atomic mass is 10.1. The molecule has 0 saturated carbocycles. The molecule has 1 saturated heterocycles. The lowest BCUT2D eigenvalue weighted by Crippen LogP contribution is -2.22. The minimum atomic E-state index is -0.247. The van der Waals surface area contributed by atoms with E-state index in [9.17, 15) is 9.59 Å². The Balaban J connectivity index is 1.31. The third-order valence-electron chi connectivity index (χ3n) is 5.88. The van der Waals surface area contributed by atoms with Crippen LogP contribution in [0.25, 0.3) is 16.6 Å². The van der Waals surface area contributed by atoms with Gasteiger partial charge in [-0.05, 0) is 68.3 Å². The number of nitrogens with zero attached hydrogens (tertiary/aromatic N) is 2. The summed E-state index contributed by atoms with van der Waals surface area (Å²) in [5, 5.41) is 3.45. The molecular formula is C27H25N3O4. The second-order valence-corrected chi connectivity index (χ2v) is 8.29. The molecule has 1 N–H and O–H groups in total. The van der Waals surface area contributed by atoms with Gasteiger partial charge in [0.1, 0.15) is 18.2 Å². The molecule has 1 aliphatic rings. The van der Waals surface area contributed by atoms with E-state index in [1.54, 1.807) is 47.9 Å². The molecule has 1 aliphatic heterocycles. The number of aromatic nitrogens is 2. The molecule has 0 spiro atoms. The highest BCUT2D eigenvalue weighted by molar-refractivity contribution is 6.04. The second-order valence-electron chi connectivity index (χ2n) is 8.29. The van der Waals surface area contributed by atoms with Crippen LogP contribution in [-0.4, -0.2) is 34.8 Å². The van der Waals surface area contributed by atoms with Gasteiger partial charge in [0.2, 0.25) is 0 Å². The first-order chi connectivity index (χ1) is 16.6. The quantitative estimate of drug-likeness (QED) is 0.463. The van der Waals surface area contributed by atoms with E-state index in [4.69, 9.17) is 9.47 Å². The van der Waals surface area contributed by atoms with Crippen molar-refractivity contribution in [2.75, 3.05) is 18.5 Å². The van der Waals surface area contributed by atoms with Crippen molar-refractivity contribution >= 4 is 22.5 Å². The molecule has 1 amide bonds. The molecule has 1 atom stereocenters. The van der Waals surface area contributed by atoms with Gasteiger partial charge in [0, 0.05) is 23.9 Å². The molecule has 5 rings (SSSR count). The number of amides is 1. The van der Waals surface area contributed by atoms with Gasteiger partial charge in [-0.25, -0.2) is 4.98 Å². The average molecular weight is 456 g/mol. The number of fused-ring (bicyclic) bond motifs is 1. The van der Waals surface area contributed by atoms with Crippen LogP contribution in [0.2, 0.25) is 0 Å². The van der Waals surface area contributed by atoms with E-state index < -0.39 is 0 Å². The van der Waals surface area contributed by atoms with Gasteiger partial charge in [0.25, 0.3) is 11.5 Å². The number of aryl methyl sites for hydroxylation is 1. The number of benzene rings is 3. The number of anilines is 1. The Hall–Kier alpha value is -3.97. The van der Waals surface area contributed by atoms with Crippen LogP contribution in [0.4, 0.5) is 5.69 Å². The Bertz CT molecular complexity index is 1390. The van der Waals surface area contributed by atoms with Crippen LogP contribution in [0.1, 0.15) is 29.0 Å². The van der Waals surface area contributed by atoms with Crippen molar-refractivity contribution in [3.63, 3.8) is 0 Å². The summed E-state index contributed by atoms with van der Waals surface area (Å²) in [5.41, 5.74) is 2.31. The number of carbonyl (C=O) groups is 1. The summed E-state index contributed by atoms with van der Waals surface area (Å²) in [6.07, 6.45) is 2.20. The van der Waals surface area contributed by atoms with Gasteiger partial charge in [-0.1, -0.05) is 18.2 Å². The highest BCUT2D eigenvalue weighted by Gasteiger charge is 2.16. The third-order valence-corrected chi connectivity index (χ3v) is 5.88. The van der Waals surface area contributed by atoms with Gasteiger partial charge in [-0.3, -0.25) is 14.2 Å². The number of nitrogens with one attached hydrogen (secondary N) is 1. The topological polar surface area (TPSA) is 82.5 Å². The molecule has 4 aromatic rings. The molecule has 7 heteroatoms. The Morgan fingerprint density at radius 1 is 1.12 bits per heavy atom. The van der Waals surface area contributed by atoms with E-state index in [-0.39, 0.29) is 17.6 Å². The summed E-state index contributed by atoms with van der Waals surface area (Å²) in [7, 11) is 0. The minimum absolute atomic E-state index is 0.130. The zero-order chi connectivity index (χ0) is 23.5. The second kappa shape index (κ2) is 9.49. The minimum Gasteiger partial charge on any atom is -0.491 e. The number of para-hydroxylation sites is 1. The summed E-state index contributed by atoms with van der Waals surface area (Å²) in [6, 6.07) is 21.5. The standard InChI is InChI=1S/C27H25N3O4/c1-18-28-25-10-3-2-9-24(25)27(32)30(18)21-13-11-19(12-14-21)26(31)29-20-6-4-7-22(16-20)34-17-23-8-5-15-33-23/h2-4,6-7,9-14,16,23H,5,8,15,17H2,1H3,(H,29,31)/t23-/m1/s1. The van der Waals surface area contributed by atoms with E-state index in [1.807, 2.05) is 36.4 Å². The molecule has 0 aliphatic carbocycles. The molecule has 0 unspecified atom stereocenters. The van der Waals surface area contributed by atoms with Crippen molar-refractivity contribution in [3.8, 4) is 11.4 Å². The number of hydrogen-bond acceptors (Lipinski definition) is 5. The predicted octanol–water partition coefficient (Wildman–Crippen LogP) is 4.50. The SMILES string of the molecule is Cc1nc2ccccc2c(=O)n1-c1ccc(C(=O)Nc2cccc(OC[C@H]3CCCO3)c2)cc1. The number of ether oxygens (including phenoxy) is 2. The Morgan fingerprint density at radius 3 is 2.74 bits per heavy atom. The Morgan fingerprint density at radius 2 is 1.94 bits per heavy atom. The fraction of sp³-hybridized carbons (Fsp3) is 0.222. The van der Waals surface area contributed by atoms with Crippen molar-refractivity contribution in [2.24, 2.45) is 0 Å². The van der Waals surface area contributed by atoms with Gasteiger partial charge in [0.15, 0.2) is 0 Å². The van der Waals surface area contributed by atoms with Crippen LogP contribution in [0, 0.1) is 6.92 Å². The van der Waals surface area contributed by atoms with E-state index >= 15 is 0 Å². The van der Waals surface area contributed by atoms with Crippen LogP contribution in [-0.2, 0) is 4.74 Å². The number of rotatable bonds is 6. The van der Waals surface area contributed by atoms with Crippen molar-refractivity contribution in [2.45, 2.75) is 25.9 Å². The normalized spacial score (nSPS) is 15.4. The van der Waals surface area contributed by atoms with Gasteiger partial charge in [0.05, 0.1) is 22.7 Å². The average Bonchev–Trinajstić information content (AvgIpc) is 3.37. The van der Waals surface area contributed by atoms with Crippen molar-refractivity contribution in [1.29, 1.82) is 0 Å². The Kier molecular flexibility index (Phi) is 6.10. The van der Waals surface area contributed by atoms with Crippen LogP contribution >= 0.6 is 0 Å². The first-order valence-corrected chi connectivity index (χ1v) is 11.3. The summed E-state index contributed by atoms with van der Waals surface area (Å²) >= 11 is 0. The maximum absolute atomic E-state index is 13.0.